The topological polar surface area (TPSA) is 77.6 Å². The van der Waals surface area contributed by atoms with Crippen LogP contribution >= 0.6 is 11.8 Å². The minimum absolute atomic E-state index is 0.122. The van der Waals surface area contributed by atoms with Gasteiger partial charge in [0.2, 0.25) is 5.91 Å². The van der Waals surface area contributed by atoms with Crippen molar-refractivity contribution in [1.29, 1.82) is 0 Å². The smallest absolute Gasteiger partial charge is 0.325 e. The van der Waals surface area contributed by atoms with E-state index in [4.69, 9.17) is 0 Å². The summed E-state index contributed by atoms with van der Waals surface area (Å²) in [5.41, 5.74) is 1.31. The summed E-state index contributed by atoms with van der Waals surface area (Å²) in [4.78, 5) is 12.4. The predicted molar refractivity (Wildman–Crippen MR) is 124 cm³/mol. The normalized spacial score (nSPS) is 11.6. The number of alkyl halides is 3. The van der Waals surface area contributed by atoms with E-state index in [2.05, 4.69) is 20.6 Å². The second kappa shape index (κ2) is 9.72. The van der Waals surface area contributed by atoms with E-state index in [-0.39, 0.29) is 11.4 Å². The first-order valence-electron chi connectivity index (χ1n) is 10.4. The summed E-state index contributed by atoms with van der Waals surface area (Å²) in [6, 6.07) is 14.6. The molecule has 0 aliphatic rings. The van der Waals surface area contributed by atoms with Crippen molar-refractivity contribution < 1.29 is 18.0 Å². The van der Waals surface area contributed by atoms with Gasteiger partial charge in [-0.2, -0.15) is 18.3 Å². The standard InChI is InChI=1S/C23H21F3N6OS/c1-3-32-21(16-13-31(2)30-20(16)15-9-5-4-6-10-15)28-29-22(32)34-14-19(33)27-18-12-8-7-11-17(18)23(24,25)26/h4-13H,3,14H2,1-2H3,(H,27,33). The second-order valence-electron chi connectivity index (χ2n) is 7.36. The van der Waals surface area contributed by atoms with E-state index in [1.807, 2.05) is 55.1 Å². The number of aryl methyl sites for hydroxylation is 1. The van der Waals surface area contributed by atoms with Gasteiger partial charge in [-0.15, -0.1) is 10.2 Å². The monoisotopic (exact) mass is 486 g/mol. The molecule has 2 aromatic heterocycles. The summed E-state index contributed by atoms with van der Waals surface area (Å²) >= 11 is 1.11. The van der Waals surface area contributed by atoms with Crippen LogP contribution in [-0.4, -0.2) is 36.2 Å². The number of hydrogen-bond acceptors (Lipinski definition) is 5. The van der Waals surface area contributed by atoms with Crippen molar-refractivity contribution in [2.24, 2.45) is 7.05 Å². The van der Waals surface area contributed by atoms with Gasteiger partial charge < -0.3 is 9.88 Å². The Morgan fingerprint density at radius 2 is 1.76 bits per heavy atom. The lowest BCUT2D eigenvalue weighted by Crippen LogP contribution is -2.18. The third-order valence-corrected chi connectivity index (χ3v) is 5.96. The van der Waals surface area contributed by atoms with Gasteiger partial charge in [0.25, 0.3) is 0 Å². The molecule has 0 bridgehead atoms. The molecule has 0 atom stereocenters. The van der Waals surface area contributed by atoms with E-state index in [1.165, 1.54) is 18.2 Å². The molecule has 2 aromatic carbocycles. The van der Waals surface area contributed by atoms with E-state index in [1.54, 1.807) is 4.68 Å². The Labute approximate surface area is 198 Å². The van der Waals surface area contributed by atoms with E-state index >= 15 is 0 Å². The van der Waals surface area contributed by atoms with Crippen molar-refractivity contribution >= 4 is 23.4 Å². The highest BCUT2D eigenvalue weighted by atomic mass is 32.2. The van der Waals surface area contributed by atoms with Gasteiger partial charge in [-0.25, -0.2) is 0 Å². The third kappa shape index (κ3) is 4.98. The van der Waals surface area contributed by atoms with Crippen LogP contribution in [0.5, 0.6) is 0 Å². The minimum atomic E-state index is -4.56. The number of benzene rings is 2. The van der Waals surface area contributed by atoms with Crippen LogP contribution in [0.2, 0.25) is 0 Å². The van der Waals surface area contributed by atoms with Gasteiger partial charge in [-0.3, -0.25) is 9.48 Å². The fraction of sp³-hybridized carbons (Fsp3) is 0.217. The Morgan fingerprint density at radius 3 is 2.47 bits per heavy atom. The van der Waals surface area contributed by atoms with Crippen LogP contribution in [0, 0.1) is 0 Å². The molecule has 0 unspecified atom stereocenters. The summed E-state index contributed by atoms with van der Waals surface area (Å²) in [6.45, 7) is 2.46. The molecule has 34 heavy (non-hydrogen) atoms. The maximum Gasteiger partial charge on any atom is 0.418 e. The highest BCUT2D eigenvalue weighted by Gasteiger charge is 2.33. The predicted octanol–water partition coefficient (Wildman–Crippen LogP) is 5.12. The largest absolute Gasteiger partial charge is 0.418 e. The van der Waals surface area contributed by atoms with Crippen molar-refractivity contribution in [2.75, 3.05) is 11.1 Å². The number of nitrogens with one attached hydrogen (secondary N) is 1. The zero-order valence-corrected chi connectivity index (χ0v) is 19.2. The minimum Gasteiger partial charge on any atom is -0.325 e. The van der Waals surface area contributed by atoms with Crippen LogP contribution in [0.25, 0.3) is 22.6 Å². The summed E-state index contributed by atoms with van der Waals surface area (Å²) < 4.78 is 43.1. The molecule has 0 fully saturated rings. The number of amides is 1. The number of carbonyl (C=O) groups excluding carboxylic acids is 1. The van der Waals surface area contributed by atoms with Gasteiger partial charge in [0.05, 0.1) is 22.6 Å². The van der Waals surface area contributed by atoms with Gasteiger partial charge in [-0.05, 0) is 19.1 Å². The van der Waals surface area contributed by atoms with Gasteiger partial charge in [0.1, 0.15) is 5.69 Å². The number of halogens is 3. The van der Waals surface area contributed by atoms with E-state index in [0.29, 0.717) is 17.5 Å². The maximum atomic E-state index is 13.2. The third-order valence-electron chi connectivity index (χ3n) is 4.99. The Kier molecular flexibility index (Phi) is 6.73. The molecule has 4 rings (SSSR count). The lowest BCUT2D eigenvalue weighted by Gasteiger charge is -2.13. The molecule has 1 N–H and O–H groups in total. The molecule has 0 aliphatic heterocycles. The number of para-hydroxylation sites is 1. The van der Waals surface area contributed by atoms with Crippen LogP contribution in [-0.2, 0) is 24.6 Å². The Hall–Kier alpha value is -3.60. The van der Waals surface area contributed by atoms with E-state index in [0.717, 1.165) is 34.6 Å². The van der Waals surface area contributed by atoms with Gasteiger partial charge in [-0.1, -0.05) is 54.2 Å². The van der Waals surface area contributed by atoms with Gasteiger partial charge in [0, 0.05) is 25.4 Å². The molecule has 1 amide bonds. The molecule has 11 heteroatoms. The van der Waals surface area contributed by atoms with Crippen LogP contribution in [0.15, 0.2) is 66.0 Å². The highest BCUT2D eigenvalue weighted by molar-refractivity contribution is 7.99. The number of hydrogen-bond donors (Lipinski definition) is 1. The van der Waals surface area contributed by atoms with Gasteiger partial charge in [0.15, 0.2) is 11.0 Å². The number of thioether (sulfide) groups is 1. The molecule has 0 aliphatic carbocycles. The molecule has 0 saturated heterocycles. The van der Waals surface area contributed by atoms with Crippen molar-refractivity contribution in [3.8, 4) is 22.6 Å². The van der Waals surface area contributed by atoms with Crippen molar-refractivity contribution in [2.45, 2.75) is 24.8 Å². The Balaban J connectivity index is 1.54. The second-order valence-corrected chi connectivity index (χ2v) is 8.30. The summed E-state index contributed by atoms with van der Waals surface area (Å²) in [7, 11) is 1.82. The first kappa shape index (κ1) is 23.6. The first-order chi connectivity index (χ1) is 16.3. The summed E-state index contributed by atoms with van der Waals surface area (Å²) in [6.07, 6.45) is -2.71. The van der Waals surface area contributed by atoms with Crippen LogP contribution < -0.4 is 5.32 Å². The number of nitrogens with zero attached hydrogens (tertiary/aromatic N) is 5. The van der Waals surface area contributed by atoms with Crippen molar-refractivity contribution in [3.63, 3.8) is 0 Å². The lowest BCUT2D eigenvalue weighted by molar-refractivity contribution is -0.137. The van der Waals surface area contributed by atoms with Crippen LogP contribution in [0.1, 0.15) is 12.5 Å². The van der Waals surface area contributed by atoms with Crippen molar-refractivity contribution in [1.82, 2.24) is 24.5 Å². The van der Waals surface area contributed by atoms with Crippen LogP contribution in [0.3, 0.4) is 0 Å². The number of aromatic nitrogens is 5. The van der Waals surface area contributed by atoms with Crippen molar-refractivity contribution in [3.05, 3.63) is 66.4 Å². The maximum absolute atomic E-state index is 13.2. The fourth-order valence-corrected chi connectivity index (χ4v) is 4.30. The Morgan fingerprint density at radius 1 is 1.06 bits per heavy atom. The average molecular weight is 487 g/mol. The number of anilines is 1. The average Bonchev–Trinajstić information content (AvgIpc) is 3.40. The fourth-order valence-electron chi connectivity index (χ4n) is 3.50. The quantitative estimate of drug-likeness (QED) is 0.367. The molecule has 4 aromatic rings. The summed E-state index contributed by atoms with van der Waals surface area (Å²) in [5.74, 6) is -0.0943. The molecule has 176 valence electrons. The van der Waals surface area contributed by atoms with Gasteiger partial charge >= 0.3 is 6.18 Å². The lowest BCUT2D eigenvalue weighted by atomic mass is 10.1. The first-order valence-corrected chi connectivity index (χ1v) is 11.4. The highest BCUT2D eigenvalue weighted by Crippen LogP contribution is 2.35. The Bertz CT molecular complexity index is 1300. The number of carbonyl (C=O) groups is 1. The molecule has 2 heterocycles. The molecular weight excluding hydrogens is 465 g/mol. The van der Waals surface area contributed by atoms with E-state index < -0.39 is 17.6 Å². The SMILES string of the molecule is CCn1c(SCC(=O)Nc2ccccc2C(F)(F)F)nnc1-c1cn(C)nc1-c1ccccc1. The molecular formula is C23H21F3N6OS. The summed E-state index contributed by atoms with van der Waals surface area (Å²) in [5, 5.41) is 15.9. The number of rotatable bonds is 7. The van der Waals surface area contributed by atoms with Crippen LogP contribution in [0.4, 0.5) is 18.9 Å². The van der Waals surface area contributed by atoms with E-state index in [9.17, 15) is 18.0 Å². The molecule has 0 saturated carbocycles. The zero-order chi connectivity index (χ0) is 24.3. The molecule has 7 nitrogen and oxygen atoms in total. The molecule has 0 radical (unpaired) electrons. The molecule has 0 spiro atoms. The zero-order valence-electron chi connectivity index (χ0n) is 18.4.